The molecule has 0 aromatic heterocycles. The fraction of sp³-hybridized carbons (Fsp3) is 0.556. The SMILES string of the molecule is CC(C)N1C(=O)CN(CN2CCN(Cc3ccc(Cl)cc3)CC2)C1=O. The van der Waals surface area contributed by atoms with Crippen molar-refractivity contribution < 1.29 is 9.59 Å². The topological polar surface area (TPSA) is 47.1 Å². The molecule has 1 aromatic rings. The van der Waals surface area contributed by atoms with Gasteiger partial charge in [-0.2, -0.15) is 0 Å². The molecule has 0 saturated carbocycles. The Bertz CT molecular complexity index is 626. The molecule has 0 bridgehead atoms. The molecule has 7 heteroatoms. The quantitative estimate of drug-likeness (QED) is 0.751. The van der Waals surface area contributed by atoms with Gasteiger partial charge < -0.3 is 4.90 Å². The third-order valence-electron chi connectivity index (χ3n) is 4.74. The van der Waals surface area contributed by atoms with Crippen molar-refractivity contribution >= 4 is 23.5 Å². The van der Waals surface area contributed by atoms with Crippen molar-refractivity contribution in [1.82, 2.24) is 19.6 Å². The zero-order chi connectivity index (χ0) is 18.0. The predicted molar refractivity (Wildman–Crippen MR) is 97.3 cm³/mol. The molecule has 6 nitrogen and oxygen atoms in total. The van der Waals surface area contributed by atoms with Crippen LogP contribution in [0.1, 0.15) is 19.4 Å². The Kier molecular flexibility index (Phi) is 5.61. The zero-order valence-corrected chi connectivity index (χ0v) is 15.6. The van der Waals surface area contributed by atoms with Gasteiger partial charge in [0.05, 0.1) is 6.67 Å². The molecule has 136 valence electrons. The van der Waals surface area contributed by atoms with E-state index in [4.69, 9.17) is 11.6 Å². The van der Waals surface area contributed by atoms with Crippen LogP contribution in [0.15, 0.2) is 24.3 Å². The van der Waals surface area contributed by atoms with Gasteiger partial charge in [-0.05, 0) is 31.5 Å². The van der Waals surface area contributed by atoms with Crippen LogP contribution < -0.4 is 0 Å². The Morgan fingerprint density at radius 2 is 1.60 bits per heavy atom. The van der Waals surface area contributed by atoms with Crippen LogP contribution in [-0.4, -0.2) is 77.0 Å². The average Bonchev–Trinajstić information content (AvgIpc) is 2.85. The molecular formula is C18H25ClN4O2. The first-order chi connectivity index (χ1) is 11.9. The molecular weight excluding hydrogens is 340 g/mol. The number of amides is 3. The molecule has 0 N–H and O–H groups in total. The van der Waals surface area contributed by atoms with Crippen LogP contribution in [0.4, 0.5) is 4.79 Å². The van der Waals surface area contributed by atoms with E-state index in [-0.39, 0.29) is 24.5 Å². The Balaban J connectivity index is 1.47. The second-order valence-electron chi connectivity index (χ2n) is 7.00. The summed E-state index contributed by atoms with van der Waals surface area (Å²) < 4.78 is 0. The number of piperazine rings is 1. The maximum Gasteiger partial charge on any atom is 0.328 e. The molecule has 0 spiro atoms. The van der Waals surface area contributed by atoms with Crippen molar-refractivity contribution in [1.29, 1.82) is 0 Å². The van der Waals surface area contributed by atoms with Gasteiger partial charge in [0.15, 0.2) is 0 Å². The van der Waals surface area contributed by atoms with Crippen LogP contribution in [0.5, 0.6) is 0 Å². The van der Waals surface area contributed by atoms with Crippen molar-refractivity contribution in [2.75, 3.05) is 39.4 Å². The fourth-order valence-corrected chi connectivity index (χ4v) is 3.49. The third kappa shape index (κ3) is 4.32. The largest absolute Gasteiger partial charge is 0.328 e. The van der Waals surface area contributed by atoms with E-state index in [9.17, 15) is 9.59 Å². The highest BCUT2D eigenvalue weighted by molar-refractivity contribution is 6.30. The van der Waals surface area contributed by atoms with E-state index in [0.717, 1.165) is 37.7 Å². The molecule has 0 unspecified atom stereocenters. The zero-order valence-electron chi connectivity index (χ0n) is 14.8. The summed E-state index contributed by atoms with van der Waals surface area (Å²) in [5, 5.41) is 0.758. The lowest BCUT2D eigenvalue weighted by Crippen LogP contribution is -2.50. The summed E-state index contributed by atoms with van der Waals surface area (Å²) >= 11 is 5.93. The Morgan fingerprint density at radius 3 is 2.16 bits per heavy atom. The van der Waals surface area contributed by atoms with Gasteiger partial charge in [-0.3, -0.25) is 19.5 Å². The maximum absolute atomic E-state index is 12.3. The minimum atomic E-state index is -0.163. The molecule has 2 aliphatic heterocycles. The van der Waals surface area contributed by atoms with Gasteiger partial charge in [-0.1, -0.05) is 23.7 Å². The van der Waals surface area contributed by atoms with E-state index in [1.54, 1.807) is 4.90 Å². The Labute approximate surface area is 153 Å². The molecule has 2 aliphatic rings. The first-order valence-corrected chi connectivity index (χ1v) is 9.12. The lowest BCUT2D eigenvalue weighted by atomic mass is 10.2. The normalized spacial score (nSPS) is 20.2. The molecule has 2 heterocycles. The van der Waals surface area contributed by atoms with E-state index in [1.165, 1.54) is 10.5 Å². The predicted octanol–water partition coefficient (Wildman–Crippen LogP) is 2.09. The van der Waals surface area contributed by atoms with E-state index >= 15 is 0 Å². The second kappa shape index (κ2) is 7.72. The highest BCUT2D eigenvalue weighted by atomic mass is 35.5. The number of carbonyl (C=O) groups excluding carboxylic acids is 2. The van der Waals surface area contributed by atoms with Gasteiger partial charge in [-0.15, -0.1) is 0 Å². The van der Waals surface area contributed by atoms with Gasteiger partial charge in [-0.25, -0.2) is 4.79 Å². The van der Waals surface area contributed by atoms with Crippen molar-refractivity contribution in [2.24, 2.45) is 0 Å². The van der Waals surface area contributed by atoms with Crippen LogP contribution in [0.2, 0.25) is 5.02 Å². The smallest absolute Gasteiger partial charge is 0.302 e. The van der Waals surface area contributed by atoms with E-state index in [0.29, 0.717) is 6.67 Å². The van der Waals surface area contributed by atoms with Crippen molar-refractivity contribution in [2.45, 2.75) is 26.4 Å². The summed E-state index contributed by atoms with van der Waals surface area (Å²) in [6.07, 6.45) is 0. The first-order valence-electron chi connectivity index (χ1n) is 8.74. The molecule has 2 saturated heterocycles. The maximum atomic E-state index is 12.3. The van der Waals surface area contributed by atoms with Crippen LogP contribution >= 0.6 is 11.6 Å². The molecule has 3 amide bonds. The summed E-state index contributed by atoms with van der Waals surface area (Å²) in [5.41, 5.74) is 1.26. The Hall–Kier alpha value is -1.63. The van der Waals surface area contributed by atoms with Gasteiger partial charge >= 0.3 is 6.03 Å². The minimum absolute atomic E-state index is 0.0822. The lowest BCUT2D eigenvalue weighted by molar-refractivity contribution is -0.126. The number of imide groups is 1. The third-order valence-corrected chi connectivity index (χ3v) is 4.99. The van der Waals surface area contributed by atoms with Crippen LogP contribution in [0.25, 0.3) is 0 Å². The monoisotopic (exact) mass is 364 g/mol. The summed E-state index contributed by atoms with van der Waals surface area (Å²) in [5.74, 6) is -0.0959. The summed E-state index contributed by atoms with van der Waals surface area (Å²) in [6.45, 7) is 9.07. The number of urea groups is 1. The number of halogens is 1. The standard InChI is InChI=1S/C18H25ClN4O2/c1-14(2)23-17(24)12-22(18(23)25)13-21-9-7-20(8-10-21)11-15-3-5-16(19)6-4-15/h3-6,14H,7-13H2,1-2H3. The van der Waals surface area contributed by atoms with E-state index in [1.807, 2.05) is 26.0 Å². The van der Waals surface area contributed by atoms with Crippen molar-refractivity contribution in [3.63, 3.8) is 0 Å². The molecule has 0 atom stereocenters. The van der Waals surface area contributed by atoms with Gasteiger partial charge in [0, 0.05) is 43.8 Å². The number of benzene rings is 1. The number of hydrogen-bond acceptors (Lipinski definition) is 4. The lowest BCUT2D eigenvalue weighted by Gasteiger charge is -2.36. The summed E-state index contributed by atoms with van der Waals surface area (Å²) in [7, 11) is 0. The van der Waals surface area contributed by atoms with Crippen LogP contribution in [0, 0.1) is 0 Å². The van der Waals surface area contributed by atoms with Crippen molar-refractivity contribution in [3.05, 3.63) is 34.9 Å². The van der Waals surface area contributed by atoms with Crippen molar-refractivity contribution in [3.8, 4) is 0 Å². The highest BCUT2D eigenvalue weighted by Crippen LogP contribution is 2.16. The van der Waals surface area contributed by atoms with Crippen LogP contribution in [-0.2, 0) is 11.3 Å². The highest BCUT2D eigenvalue weighted by Gasteiger charge is 2.38. The van der Waals surface area contributed by atoms with E-state index in [2.05, 4.69) is 21.9 Å². The molecule has 0 aliphatic carbocycles. The van der Waals surface area contributed by atoms with E-state index < -0.39 is 0 Å². The van der Waals surface area contributed by atoms with Gasteiger partial charge in [0.25, 0.3) is 5.91 Å². The number of nitrogens with zero attached hydrogens (tertiary/aromatic N) is 4. The summed E-state index contributed by atoms with van der Waals surface area (Å²) in [6, 6.07) is 7.71. The molecule has 25 heavy (non-hydrogen) atoms. The number of hydrogen-bond donors (Lipinski definition) is 0. The Morgan fingerprint density at radius 1 is 1.00 bits per heavy atom. The van der Waals surface area contributed by atoms with Gasteiger partial charge in [0.1, 0.15) is 6.54 Å². The molecule has 2 fully saturated rings. The second-order valence-corrected chi connectivity index (χ2v) is 7.44. The molecule has 3 rings (SSSR count). The molecule has 1 aromatic carbocycles. The minimum Gasteiger partial charge on any atom is -0.302 e. The molecule has 0 radical (unpaired) electrons. The number of rotatable bonds is 5. The van der Waals surface area contributed by atoms with Crippen LogP contribution in [0.3, 0.4) is 0 Å². The van der Waals surface area contributed by atoms with Gasteiger partial charge in [0.2, 0.25) is 0 Å². The summed E-state index contributed by atoms with van der Waals surface area (Å²) in [4.78, 5) is 32.0. The fourth-order valence-electron chi connectivity index (χ4n) is 3.36. The first kappa shape index (κ1) is 18.2. The average molecular weight is 365 g/mol. The number of carbonyl (C=O) groups is 2.